The fraction of sp³-hybridized carbons (Fsp3) is 0.429. The fourth-order valence-electron chi connectivity index (χ4n) is 1.95. The molecule has 0 aliphatic heterocycles. The second kappa shape index (κ2) is 5.38. The Kier molecular flexibility index (Phi) is 3.83. The number of halogens is 1. The quantitative estimate of drug-likeness (QED) is 0.887. The van der Waals surface area contributed by atoms with Crippen molar-refractivity contribution in [2.75, 3.05) is 6.54 Å². The average Bonchev–Trinajstić information content (AvgIpc) is 3.19. The number of carbonyl (C=O) groups is 2. The van der Waals surface area contributed by atoms with Crippen LogP contribution >= 0.6 is 0 Å². The van der Waals surface area contributed by atoms with E-state index in [1.807, 2.05) is 0 Å². The van der Waals surface area contributed by atoms with Crippen molar-refractivity contribution in [1.82, 2.24) is 4.90 Å². The first-order valence-corrected chi connectivity index (χ1v) is 6.29. The Morgan fingerprint density at radius 1 is 1.42 bits per heavy atom. The molecule has 0 heterocycles. The van der Waals surface area contributed by atoms with Crippen LogP contribution in [0.1, 0.15) is 30.1 Å². The molecule has 1 aliphatic rings. The molecule has 4 nitrogen and oxygen atoms in total. The zero-order valence-corrected chi connectivity index (χ0v) is 10.7. The highest BCUT2D eigenvalue weighted by Gasteiger charge is 2.35. The zero-order chi connectivity index (χ0) is 14.0. The van der Waals surface area contributed by atoms with Gasteiger partial charge in [-0.1, -0.05) is 19.1 Å². The van der Waals surface area contributed by atoms with Crippen molar-refractivity contribution in [3.8, 4) is 0 Å². The largest absolute Gasteiger partial charge is 0.481 e. The van der Waals surface area contributed by atoms with Gasteiger partial charge in [0.1, 0.15) is 5.82 Å². The molecule has 0 radical (unpaired) electrons. The Balaban J connectivity index is 2.18. The lowest BCUT2D eigenvalue weighted by molar-refractivity contribution is -0.141. The molecular formula is C14H16FNO3. The van der Waals surface area contributed by atoms with E-state index >= 15 is 0 Å². The lowest BCUT2D eigenvalue weighted by Crippen LogP contribution is -2.38. The predicted octanol–water partition coefficient (Wildman–Crippen LogP) is 2.15. The van der Waals surface area contributed by atoms with Gasteiger partial charge in [0.05, 0.1) is 11.5 Å². The Hall–Kier alpha value is -1.91. The third-order valence-electron chi connectivity index (χ3n) is 3.24. The molecule has 1 aliphatic carbocycles. The van der Waals surface area contributed by atoms with Crippen LogP contribution in [0.2, 0.25) is 0 Å². The van der Waals surface area contributed by atoms with Crippen LogP contribution in [-0.4, -0.2) is 34.5 Å². The highest BCUT2D eigenvalue weighted by Crippen LogP contribution is 2.29. The summed E-state index contributed by atoms with van der Waals surface area (Å²) >= 11 is 0. The second-order valence-corrected chi connectivity index (χ2v) is 4.91. The van der Waals surface area contributed by atoms with E-state index in [2.05, 4.69) is 0 Å². The van der Waals surface area contributed by atoms with E-state index in [9.17, 15) is 14.0 Å². The van der Waals surface area contributed by atoms with Crippen LogP contribution in [0, 0.1) is 11.7 Å². The van der Waals surface area contributed by atoms with Crippen LogP contribution in [0.5, 0.6) is 0 Å². The molecule has 0 unspecified atom stereocenters. The Morgan fingerprint density at radius 2 is 2.05 bits per heavy atom. The van der Waals surface area contributed by atoms with E-state index in [1.54, 1.807) is 13.0 Å². The Bertz CT molecular complexity index is 499. The fourth-order valence-corrected chi connectivity index (χ4v) is 1.95. The molecule has 1 fully saturated rings. The minimum absolute atomic E-state index is 0.00647. The van der Waals surface area contributed by atoms with Gasteiger partial charge in [-0.25, -0.2) is 4.39 Å². The number of hydrogen-bond acceptors (Lipinski definition) is 2. The maximum absolute atomic E-state index is 13.6. The van der Waals surface area contributed by atoms with Gasteiger partial charge in [0.15, 0.2) is 0 Å². The minimum Gasteiger partial charge on any atom is -0.481 e. The highest BCUT2D eigenvalue weighted by atomic mass is 19.1. The number of carbonyl (C=O) groups excluding carboxylic acids is 1. The molecule has 102 valence electrons. The smallest absolute Gasteiger partial charge is 0.308 e. The molecule has 0 spiro atoms. The van der Waals surface area contributed by atoms with E-state index in [0.717, 1.165) is 12.8 Å². The summed E-state index contributed by atoms with van der Waals surface area (Å²) in [6.07, 6.45) is 1.71. The first kappa shape index (κ1) is 13.5. The number of benzene rings is 1. The maximum Gasteiger partial charge on any atom is 0.308 e. The normalized spacial score (nSPS) is 15.9. The standard InChI is InChI=1S/C14H16FNO3/c1-9(14(18)19)8-16(10-6-7-10)13(17)11-4-2-3-5-12(11)15/h2-5,9-10H,6-8H2,1H3,(H,18,19)/t9-/m0/s1. The van der Waals surface area contributed by atoms with Gasteiger partial charge in [-0.3, -0.25) is 9.59 Å². The first-order valence-electron chi connectivity index (χ1n) is 6.29. The highest BCUT2D eigenvalue weighted by molar-refractivity contribution is 5.95. The molecule has 1 N–H and O–H groups in total. The van der Waals surface area contributed by atoms with Crippen LogP contribution in [0.4, 0.5) is 4.39 Å². The summed E-state index contributed by atoms with van der Waals surface area (Å²) in [4.78, 5) is 24.7. The molecule has 0 saturated heterocycles. The molecule has 1 aromatic rings. The van der Waals surface area contributed by atoms with Gasteiger partial charge in [-0.15, -0.1) is 0 Å². The zero-order valence-electron chi connectivity index (χ0n) is 10.7. The van der Waals surface area contributed by atoms with Crippen molar-refractivity contribution < 1.29 is 19.1 Å². The number of aliphatic carboxylic acids is 1. The lowest BCUT2D eigenvalue weighted by atomic mass is 10.1. The summed E-state index contributed by atoms with van der Waals surface area (Å²) in [6.45, 7) is 1.67. The molecule has 1 amide bonds. The first-order chi connectivity index (χ1) is 9.00. The molecule has 2 rings (SSSR count). The van der Waals surface area contributed by atoms with E-state index in [-0.39, 0.29) is 18.2 Å². The molecule has 19 heavy (non-hydrogen) atoms. The van der Waals surface area contributed by atoms with Gasteiger partial charge >= 0.3 is 5.97 Å². The summed E-state index contributed by atoms with van der Waals surface area (Å²) in [5.41, 5.74) is 0.00647. The van der Waals surface area contributed by atoms with Crippen LogP contribution < -0.4 is 0 Å². The molecule has 1 atom stereocenters. The van der Waals surface area contributed by atoms with Crippen molar-refractivity contribution in [2.24, 2.45) is 5.92 Å². The second-order valence-electron chi connectivity index (χ2n) is 4.91. The number of nitrogens with zero attached hydrogens (tertiary/aromatic N) is 1. The van der Waals surface area contributed by atoms with Crippen LogP contribution in [0.25, 0.3) is 0 Å². The molecule has 0 bridgehead atoms. The predicted molar refractivity (Wildman–Crippen MR) is 67.3 cm³/mol. The summed E-state index contributed by atoms with van der Waals surface area (Å²) in [7, 11) is 0. The molecular weight excluding hydrogens is 249 g/mol. The van der Waals surface area contributed by atoms with Crippen LogP contribution in [0.15, 0.2) is 24.3 Å². The minimum atomic E-state index is -0.952. The third kappa shape index (κ3) is 3.10. The molecule has 5 heteroatoms. The summed E-state index contributed by atoms with van der Waals surface area (Å²) in [5, 5.41) is 8.93. The lowest BCUT2D eigenvalue weighted by Gasteiger charge is -2.24. The van der Waals surface area contributed by atoms with E-state index < -0.39 is 23.6 Å². The molecule has 1 aromatic carbocycles. The number of carboxylic acids is 1. The van der Waals surface area contributed by atoms with Crippen LogP contribution in [-0.2, 0) is 4.79 Å². The topological polar surface area (TPSA) is 57.6 Å². The average molecular weight is 265 g/mol. The van der Waals surface area contributed by atoms with Gasteiger partial charge in [0.2, 0.25) is 0 Å². The molecule has 1 saturated carbocycles. The van der Waals surface area contributed by atoms with Crippen molar-refractivity contribution in [1.29, 1.82) is 0 Å². The van der Waals surface area contributed by atoms with Gasteiger partial charge in [-0.05, 0) is 25.0 Å². The van der Waals surface area contributed by atoms with Gasteiger partial charge < -0.3 is 10.0 Å². The van der Waals surface area contributed by atoms with Gasteiger partial charge in [-0.2, -0.15) is 0 Å². The third-order valence-corrected chi connectivity index (χ3v) is 3.24. The summed E-state index contributed by atoms with van der Waals surface area (Å²) in [6, 6.07) is 5.83. The monoisotopic (exact) mass is 265 g/mol. The summed E-state index contributed by atoms with van der Waals surface area (Å²) in [5.74, 6) is -2.60. The van der Waals surface area contributed by atoms with E-state index in [1.165, 1.54) is 23.1 Å². The van der Waals surface area contributed by atoms with Gasteiger partial charge in [0, 0.05) is 12.6 Å². The Morgan fingerprint density at radius 3 is 2.58 bits per heavy atom. The maximum atomic E-state index is 13.6. The number of rotatable bonds is 5. The molecule has 0 aromatic heterocycles. The van der Waals surface area contributed by atoms with Crippen LogP contribution in [0.3, 0.4) is 0 Å². The number of amides is 1. The van der Waals surface area contributed by atoms with E-state index in [0.29, 0.717) is 0 Å². The van der Waals surface area contributed by atoms with E-state index in [4.69, 9.17) is 5.11 Å². The van der Waals surface area contributed by atoms with Crippen molar-refractivity contribution in [3.63, 3.8) is 0 Å². The van der Waals surface area contributed by atoms with Crippen molar-refractivity contribution in [3.05, 3.63) is 35.6 Å². The Labute approximate surface area is 110 Å². The summed E-state index contributed by atoms with van der Waals surface area (Å²) < 4.78 is 13.6. The van der Waals surface area contributed by atoms with Crippen molar-refractivity contribution in [2.45, 2.75) is 25.8 Å². The van der Waals surface area contributed by atoms with Gasteiger partial charge in [0.25, 0.3) is 5.91 Å². The number of hydrogen-bond donors (Lipinski definition) is 1. The SMILES string of the molecule is C[C@@H](CN(C(=O)c1ccccc1F)C1CC1)C(=O)O. The number of carboxylic acid groups (broad SMARTS) is 1. The van der Waals surface area contributed by atoms with Crippen molar-refractivity contribution >= 4 is 11.9 Å².